The summed E-state index contributed by atoms with van der Waals surface area (Å²) in [5.41, 5.74) is 11.7. The molecule has 1 aromatic carbocycles. The molecular formula is C20H28F2N4O3. The van der Waals surface area contributed by atoms with Gasteiger partial charge in [0, 0.05) is 25.6 Å². The standard InChI is InChI=1S/C20H28F2N4O3/c1-13-12-15(5-6-16(13)17(23)27)29-11-3-4-14-7-9-26(10-8-14)19(28)25-18(24)20(2,21)22/h5-6,12,14H,3-4,7-11H2,1-2H3,(H2,23,27)(H2,24,25,28). The van der Waals surface area contributed by atoms with Crippen molar-refractivity contribution in [1.82, 2.24) is 4.90 Å². The van der Waals surface area contributed by atoms with E-state index < -0.39 is 23.7 Å². The van der Waals surface area contributed by atoms with Crippen LogP contribution in [0.3, 0.4) is 0 Å². The van der Waals surface area contributed by atoms with Gasteiger partial charge in [0.05, 0.1) is 6.61 Å². The third-order valence-electron chi connectivity index (χ3n) is 5.04. The summed E-state index contributed by atoms with van der Waals surface area (Å²) in [4.78, 5) is 28.0. The number of carbonyl (C=O) groups excluding carboxylic acids is 2. The molecule has 0 unspecified atom stereocenters. The van der Waals surface area contributed by atoms with Crippen molar-refractivity contribution < 1.29 is 23.1 Å². The molecule has 160 valence electrons. The van der Waals surface area contributed by atoms with Gasteiger partial charge in [0.2, 0.25) is 5.91 Å². The number of hydrogen-bond acceptors (Lipinski definition) is 3. The van der Waals surface area contributed by atoms with Gasteiger partial charge < -0.3 is 21.1 Å². The van der Waals surface area contributed by atoms with E-state index in [0.717, 1.165) is 31.2 Å². The molecule has 1 aliphatic rings. The molecule has 7 nitrogen and oxygen atoms in total. The van der Waals surface area contributed by atoms with E-state index in [2.05, 4.69) is 4.99 Å². The summed E-state index contributed by atoms with van der Waals surface area (Å²) in [6, 6.07) is 4.46. The summed E-state index contributed by atoms with van der Waals surface area (Å²) in [5, 5.41) is 0. The SMILES string of the molecule is Cc1cc(OCCCC2CCN(C(=O)/N=C(\N)C(C)(F)F)CC2)ccc1C(N)=O. The molecule has 9 heteroatoms. The number of halogens is 2. The summed E-state index contributed by atoms with van der Waals surface area (Å²) < 4.78 is 31.8. The molecule has 0 atom stereocenters. The monoisotopic (exact) mass is 410 g/mol. The van der Waals surface area contributed by atoms with Crippen molar-refractivity contribution in [2.24, 2.45) is 22.4 Å². The number of piperidine rings is 1. The Hall–Kier alpha value is -2.71. The van der Waals surface area contributed by atoms with Crippen LogP contribution >= 0.6 is 0 Å². The van der Waals surface area contributed by atoms with Gasteiger partial charge in [-0.25, -0.2) is 4.79 Å². The van der Waals surface area contributed by atoms with Crippen LogP contribution in [0, 0.1) is 12.8 Å². The number of aryl methyl sites for hydroxylation is 1. The Bertz CT molecular complexity index is 769. The van der Waals surface area contributed by atoms with Gasteiger partial charge in [0.25, 0.3) is 0 Å². The predicted molar refractivity (Wildman–Crippen MR) is 106 cm³/mol. The number of urea groups is 1. The quantitative estimate of drug-likeness (QED) is 0.409. The van der Waals surface area contributed by atoms with Gasteiger partial charge in [0.15, 0.2) is 5.84 Å². The molecule has 1 aliphatic heterocycles. The maximum absolute atomic E-state index is 13.0. The van der Waals surface area contributed by atoms with Crippen LogP contribution in [0.1, 0.15) is 48.5 Å². The average molecular weight is 410 g/mol. The first-order valence-electron chi connectivity index (χ1n) is 9.62. The number of carbonyl (C=O) groups is 2. The molecule has 4 N–H and O–H groups in total. The normalized spacial score (nSPS) is 16.0. The van der Waals surface area contributed by atoms with E-state index in [1.807, 2.05) is 0 Å². The molecule has 1 aromatic rings. The van der Waals surface area contributed by atoms with Crippen LogP contribution in [-0.2, 0) is 0 Å². The number of nitrogens with zero attached hydrogens (tertiary/aromatic N) is 2. The summed E-state index contributed by atoms with van der Waals surface area (Å²) in [6.45, 7) is 3.91. The van der Waals surface area contributed by atoms with E-state index >= 15 is 0 Å². The van der Waals surface area contributed by atoms with Crippen molar-refractivity contribution in [2.75, 3.05) is 19.7 Å². The fourth-order valence-electron chi connectivity index (χ4n) is 3.25. The Labute approximate surface area is 169 Å². The van der Waals surface area contributed by atoms with Crippen LogP contribution in [0.2, 0.25) is 0 Å². The first kappa shape index (κ1) is 22.6. The zero-order valence-corrected chi connectivity index (χ0v) is 16.8. The number of rotatable bonds is 7. The van der Waals surface area contributed by atoms with E-state index in [0.29, 0.717) is 43.9 Å². The van der Waals surface area contributed by atoms with Gasteiger partial charge in [0.1, 0.15) is 5.75 Å². The van der Waals surface area contributed by atoms with Crippen molar-refractivity contribution in [3.05, 3.63) is 29.3 Å². The number of nitrogens with two attached hydrogens (primary N) is 2. The fraction of sp³-hybridized carbons (Fsp3) is 0.550. The Morgan fingerprint density at radius 2 is 1.93 bits per heavy atom. The second-order valence-corrected chi connectivity index (χ2v) is 7.43. The Morgan fingerprint density at radius 1 is 1.28 bits per heavy atom. The minimum atomic E-state index is -3.30. The lowest BCUT2D eigenvalue weighted by atomic mass is 9.92. The van der Waals surface area contributed by atoms with E-state index in [1.165, 1.54) is 4.90 Å². The molecule has 0 aliphatic carbocycles. The highest BCUT2D eigenvalue weighted by molar-refractivity contribution is 5.96. The van der Waals surface area contributed by atoms with Crippen LogP contribution in [0.4, 0.5) is 13.6 Å². The molecular weight excluding hydrogens is 382 g/mol. The third-order valence-corrected chi connectivity index (χ3v) is 5.04. The number of ether oxygens (including phenoxy) is 1. The van der Waals surface area contributed by atoms with Gasteiger partial charge >= 0.3 is 12.0 Å². The number of hydrogen-bond donors (Lipinski definition) is 2. The first-order valence-corrected chi connectivity index (χ1v) is 9.62. The van der Waals surface area contributed by atoms with Gasteiger partial charge in [-0.1, -0.05) is 0 Å². The Balaban J connectivity index is 1.71. The van der Waals surface area contributed by atoms with E-state index in [4.69, 9.17) is 16.2 Å². The number of alkyl halides is 2. The average Bonchev–Trinajstić information content (AvgIpc) is 2.64. The van der Waals surface area contributed by atoms with Crippen molar-refractivity contribution in [3.63, 3.8) is 0 Å². The first-order chi connectivity index (χ1) is 13.6. The minimum absolute atomic E-state index is 0.440. The second kappa shape index (κ2) is 9.67. The van der Waals surface area contributed by atoms with E-state index in [1.54, 1.807) is 25.1 Å². The Kier molecular flexibility index (Phi) is 7.53. The second-order valence-electron chi connectivity index (χ2n) is 7.43. The van der Waals surface area contributed by atoms with Crippen molar-refractivity contribution in [3.8, 4) is 5.75 Å². The minimum Gasteiger partial charge on any atom is -0.494 e. The number of benzene rings is 1. The van der Waals surface area contributed by atoms with Crippen LogP contribution in [0.25, 0.3) is 0 Å². The zero-order chi connectivity index (χ0) is 21.6. The Morgan fingerprint density at radius 3 is 2.48 bits per heavy atom. The predicted octanol–water partition coefficient (Wildman–Crippen LogP) is 3.10. The molecule has 29 heavy (non-hydrogen) atoms. The van der Waals surface area contributed by atoms with Crippen LogP contribution in [0.15, 0.2) is 23.2 Å². The summed E-state index contributed by atoms with van der Waals surface area (Å²) >= 11 is 0. The maximum Gasteiger partial charge on any atom is 0.345 e. The third kappa shape index (κ3) is 6.69. The van der Waals surface area contributed by atoms with E-state index in [-0.39, 0.29) is 0 Å². The maximum atomic E-state index is 13.0. The molecule has 3 amide bonds. The highest BCUT2D eigenvalue weighted by Gasteiger charge is 2.29. The van der Waals surface area contributed by atoms with E-state index in [9.17, 15) is 18.4 Å². The number of aliphatic imine (C=N–C) groups is 1. The van der Waals surface area contributed by atoms with Gasteiger partial charge in [-0.15, -0.1) is 0 Å². The highest BCUT2D eigenvalue weighted by atomic mass is 19.3. The van der Waals surface area contributed by atoms with Crippen molar-refractivity contribution in [2.45, 2.75) is 45.5 Å². The zero-order valence-electron chi connectivity index (χ0n) is 16.8. The molecule has 1 fully saturated rings. The lowest BCUT2D eigenvalue weighted by Gasteiger charge is -2.30. The van der Waals surface area contributed by atoms with Gasteiger partial charge in [-0.3, -0.25) is 4.79 Å². The lowest BCUT2D eigenvalue weighted by Crippen LogP contribution is -2.40. The highest BCUT2D eigenvalue weighted by Crippen LogP contribution is 2.23. The molecule has 0 spiro atoms. The number of primary amides is 1. The number of amidine groups is 1. The smallest absolute Gasteiger partial charge is 0.345 e. The van der Waals surface area contributed by atoms with Gasteiger partial charge in [-0.05, 0) is 62.3 Å². The molecule has 1 saturated heterocycles. The topological polar surface area (TPSA) is 111 Å². The molecule has 0 radical (unpaired) electrons. The molecule has 1 heterocycles. The van der Waals surface area contributed by atoms with Gasteiger partial charge in [-0.2, -0.15) is 13.8 Å². The lowest BCUT2D eigenvalue weighted by molar-refractivity contribution is 0.0979. The van der Waals surface area contributed by atoms with Crippen molar-refractivity contribution in [1.29, 1.82) is 0 Å². The molecule has 2 rings (SSSR count). The van der Waals surface area contributed by atoms with Crippen LogP contribution < -0.4 is 16.2 Å². The molecule has 0 saturated carbocycles. The summed E-state index contributed by atoms with van der Waals surface area (Å²) in [5.74, 6) is -3.59. The van der Waals surface area contributed by atoms with Crippen molar-refractivity contribution >= 4 is 17.8 Å². The fourth-order valence-corrected chi connectivity index (χ4v) is 3.25. The number of likely N-dealkylation sites (tertiary alicyclic amines) is 1. The largest absolute Gasteiger partial charge is 0.494 e. The summed E-state index contributed by atoms with van der Waals surface area (Å²) in [6.07, 6.45) is 3.37. The molecule has 0 aromatic heterocycles. The summed E-state index contributed by atoms with van der Waals surface area (Å²) in [7, 11) is 0. The molecule has 0 bridgehead atoms. The van der Waals surface area contributed by atoms with Crippen LogP contribution in [0.5, 0.6) is 5.75 Å². The number of amides is 3. The van der Waals surface area contributed by atoms with Crippen LogP contribution in [-0.4, -0.2) is 48.3 Å².